The molecular weight excluding hydrogens is 246 g/mol. The second-order valence-electron chi connectivity index (χ2n) is 4.73. The Hall–Kier alpha value is -1.24. The summed E-state index contributed by atoms with van der Waals surface area (Å²) in [5.74, 6) is 0. The van der Waals surface area contributed by atoms with Crippen molar-refractivity contribution in [2.45, 2.75) is 25.3 Å². The predicted molar refractivity (Wildman–Crippen MR) is 74.8 cm³/mol. The first kappa shape index (κ1) is 13.2. The first-order valence-electron chi connectivity index (χ1n) is 6.35. The van der Waals surface area contributed by atoms with Gasteiger partial charge in [0.1, 0.15) is 5.54 Å². The molecule has 1 aromatic carbocycles. The highest BCUT2D eigenvalue weighted by molar-refractivity contribution is 6.33. The predicted octanol–water partition coefficient (Wildman–Crippen LogP) is 3.13. The Balaban J connectivity index is 2.11. The summed E-state index contributed by atoms with van der Waals surface area (Å²) in [5, 5.41) is 13.5. The van der Waals surface area contributed by atoms with E-state index in [1.54, 1.807) is 0 Å². The van der Waals surface area contributed by atoms with Gasteiger partial charge in [-0.2, -0.15) is 5.26 Å². The topological polar surface area (TPSA) is 39.1 Å². The van der Waals surface area contributed by atoms with Gasteiger partial charge in [0.05, 0.1) is 16.8 Å². The molecule has 4 heteroatoms. The number of piperidine rings is 1. The Morgan fingerprint density at radius 3 is 2.61 bits per heavy atom. The smallest absolute Gasteiger partial charge is 0.127 e. The fraction of sp³-hybridized carbons (Fsp3) is 0.500. The third-order valence-corrected chi connectivity index (χ3v) is 3.95. The molecule has 2 rings (SSSR count). The molecule has 0 spiro atoms. The molecule has 18 heavy (non-hydrogen) atoms. The lowest BCUT2D eigenvalue weighted by Crippen LogP contribution is -2.48. The summed E-state index contributed by atoms with van der Waals surface area (Å²) in [6, 6.07) is 10.0. The van der Waals surface area contributed by atoms with Crippen molar-refractivity contribution in [3.8, 4) is 6.07 Å². The molecule has 0 aromatic heterocycles. The van der Waals surface area contributed by atoms with Crippen molar-refractivity contribution in [1.82, 2.24) is 4.90 Å². The summed E-state index contributed by atoms with van der Waals surface area (Å²) in [7, 11) is 0. The highest BCUT2D eigenvalue weighted by atomic mass is 35.5. The van der Waals surface area contributed by atoms with Crippen molar-refractivity contribution in [2.75, 3.05) is 25.0 Å². The van der Waals surface area contributed by atoms with E-state index in [2.05, 4.69) is 23.2 Å². The number of rotatable bonds is 3. The summed E-state index contributed by atoms with van der Waals surface area (Å²) in [4.78, 5) is 2.36. The number of halogens is 1. The number of para-hydroxylation sites is 1. The first-order valence-corrected chi connectivity index (χ1v) is 6.73. The molecular formula is C14H18ClN3. The molecule has 0 saturated carbocycles. The minimum atomic E-state index is -0.476. The minimum absolute atomic E-state index is 0.476. The van der Waals surface area contributed by atoms with Gasteiger partial charge < -0.3 is 10.2 Å². The molecule has 3 nitrogen and oxygen atoms in total. The first-order chi connectivity index (χ1) is 8.69. The van der Waals surface area contributed by atoms with Crippen molar-refractivity contribution < 1.29 is 0 Å². The molecule has 1 heterocycles. The number of benzene rings is 1. The summed E-state index contributed by atoms with van der Waals surface area (Å²) in [5.41, 5.74) is 0.377. The van der Waals surface area contributed by atoms with Crippen LogP contribution in [-0.2, 0) is 0 Å². The Morgan fingerprint density at radius 1 is 1.39 bits per heavy atom. The third kappa shape index (κ3) is 2.77. The quantitative estimate of drug-likeness (QED) is 0.911. The van der Waals surface area contributed by atoms with E-state index >= 15 is 0 Å². The van der Waals surface area contributed by atoms with Crippen LogP contribution in [0, 0.1) is 11.3 Å². The number of hydrogen-bond donors (Lipinski definition) is 1. The van der Waals surface area contributed by atoms with Crippen molar-refractivity contribution >= 4 is 17.3 Å². The monoisotopic (exact) mass is 263 g/mol. The van der Waals surface area contributed by atoms with Gasteiger partial charge in [0.2, 0.25) is 0 Å². The molecule has 0 aliphatic carbocycles. The maximum atomic E-state index is 9.48. The standard InChI is InChI=1S/C14H18ClN3/c1-2-18-9-7-14(11-16,8-10-18)17-13-6-4-3-5-12(13)15/h3-6,17H,2,7-10H2,1H3. The molecule has 0 bridgehead atoms. The maximum Gasteiger partial charge on any atom is 0.127 e. The average molecular weight is 264 g/mol. The highest BCUT2D eigenvalue weighted by Gasteiger charge is 2.34. The maximum absolute atomic E-state index is 9.48. The molecule has 96 valence electrons. The van der Waals surface area contributed by atoms with Crippen molar-refractivity contribution in [2.24, 2.45) is 0 Å². The SMILES string of the molecule is CCN1CCC(C#N)(Nc2ccccc2Cl)CC1. The van der Waals surface area contributed by atoms with E-state index < -0.39 is 5.54 Å². The zero-order valence-corrected chi connectivity index (χ0v) is 11.4. The van der Waals surface area contributed by atoms with Crippen LogP contribution in [0.25, 0.3) is 0 Å². The Morgan fingerprint density at radius 2 is 2.06 bits per heavy atom. The van der Waals surface area contributed by atoms with Crippen LogP contribution in [0.2, 0.25) is 5.02 Å². The summed E-state index contributed by atoms with van der Waals surface area (Å²) in [6.07, 6.45) is 1.67. The molecule has 1 N–H and O–H groups in total. The van der Waals surface area contributed by atoms with Crippen molar-refractivity contribution in [1.29, 1.82) is 5.26 Å². The van der Waals surface area contributed by atoms with Gasteiger partial charge in [0, 0.05) is 13.1 Å². The van der Waals surface area contributed by atoms with Crippen LogP contribution < -0.4 is 5.32 Å². The number of nitrogens with zero attached hydrogens (tertiary/aromatic N) is 2. The molecule has 0 amide bonds. The lowest BCUT2D eigenvalue weighted by molar-refractivity contribution is 0.206. The van der Waals surface area contributed by atoms with Crippen molar-refractivity contribution in [3.63, 3.8) is 0 Å². The number of hydrogen-bond acceptors (Lipinski definition) is 3. The molecule has 0 radical (unpaired) electrons. The number of nitrogens with one attached hydrogen (secondary N) is 1. The lowest BCUT2D eigenvalue weighted by Gasteiger charge is -2.38. The highest BCUT2D eigenvalue weighted by Crippen LogP contribution is 2.30. The van der Waals surface area contributed by atoms with E-state index in [0.29, 0.717) is 5.02 Å². The number of anilines is 1. The van der Waals surface area contributed by atoms with E-state index in [0.717, 1.165) is 38.2 Å². The molecule has 1 aromatic rings. The number of likely N-dealkylation sites (tertiary alicyclic amines) is 1. The minimum Gasteiger partial charge on any atom is -0.366 e. The largest absolute Gasteiger partial charge is 0.366 e. The molecule has 1 aliphatic heterocycles. The second-order valence-corrected chi connectivity index (χ2v) is 5.14. The summed E-state index contributed by atoms with van der Waals surface area (Å²) >= 11 is 6.14. The van der Waals surface area contributed by atoms with Gasteiger partial charge in [-0.15, -0.1) is 0 Å². The fourth-order valence-corrected chi connectivity index (χ4v) is 2.52. The van der Waals surface area contributed by atoms with E-state index in [9.17, 15) is 5.26 Å². The van der Waals surface area contributed by atoms with E-state index in [4.69, 9.17) is 11.6 Å². The molecule has 1 aliphatic rings. The van der Waals surface area contributed by atoms with Crippen LogP contribution in [0.15, 0.2) is 24.3 Å². The van der Waals surface area contributed by atoms with Crippen LogP contribution in [0.3, 0.4) is 0 Å². The van der Waals surface area contributed by atoms with Gasteiger partial charge in [0.25, 0.3) is 0 Å². The van der Waals surface area contributed by atoms with Gasteiger partial charge in [-0.3, -0.25) is 0 Å². The van der Waals surface area contributed by atoms with Gasteiger partial charge in [0.15, 0.2) is 0 Å². The van der Waals surface area contributed by atoms with Crippen LogP contribution in [-0.4, -0.2) is 30.1 Å². The molecule has 0 atom stereocenters. The van der Waals surface area contributed by atoms with E-state index in [1.165, 1.54) is 0 Å². The zero-order chi connectivity index (χ0) is 13.0. The normalized spacial score (nSPS) is 19.2. The van der Waals surface area contributed by atoms with Crippen LogP contribution >= 0.6 is 11.6 Å². The fourth-order valence-electron chi connectivity index (χ4n) is 2.34. The van der Waals surface area contributed by atoms with Gasteiger partial charge >= 0.3 is 0 Å². The van der Waals surface area contributed by atoms with Crippen LogP contribution in [0.5, 0.6) is 0 Å². The van der Waals surface area contributed by atoms with E-state index in [-0.39, 0.29) is 0 Å². The Labute approximate surface area is 113 Å². The molecule has 1 fully saturated rings. The van der Waals surface area contributed by atoms with Crippen LogP contribution in [0.1, 0.15) is 19.8 Å². The molecule has 0 unspecified atom stereocenters. The Bertz CT molecular complexity index is 445. The zero-order valence-electron chi connectivity index (χ0n) is 10.6. The van der Waals surface area contributed by atoms with E-state index in [1.807, 2.05) is 24.3 Å². The number of nitriles is 1. The summed E-state index contributed by atoms with van der Waals surface area (Å²) < 4.78 is 0. The van der Waals surface area contributed by atoms with Crippen LogP contribution in [0.4, 0.5) is 5.69 Å². The second kappa shape index (κ2) is 5.60. The third-order valence-electron chi connectivity index (χ3n) is 3.62. The van der Waals surface area contributed by atoms with Gasteiger partial charge in [-0.05, 0) is 31.5 Å². The van der Waals surface area contributed by atoms with Gasteiger partial charge in [-0.25, -0.2) is 0 Å². The lowest BCUT2D eigenvalue weighted by atomic mass is 9.88. The Kier molecular flexibility index (Phi) is 4.11. The van der Waals surface area contributed by atoms with Crippen molar-refractivity contribution in [3.05, 3.63) is 29.3 Å². The summed E-state index contributed by atoms with van der Waals surface area (Å²) in [6.45, 7) is 5.12. The molecule has 1 saturated heterocycles. The van der Waals surface area contributed by atoms with Gasteiger partial charge in [-0.1, -0.05) is 30.7 Å². The average Bonchev–Trinajstić information content (AvgIpc) is 2.42.